The van der Waals surface area contributed by atoms with E-state index in [9.17, 15) is 0 Å². The van der Waals surface area contributed by atoms with Gasteiger partial charge in [-0.1, -0.05) is 22.0 Å². The fraction of sp³-hybridized carbons (Fsp3) is 0.250. The molecule has 1 aliphatic heterocycles. The van der Waals surface area contributed by atoms with E-state index in [1.54, 1.807) is 0 Å². The van der Waals surface area contributed by atoms with Crippen LogP contribution in [0.1, 0.15) is 24.4 Å². The molecule has 1 atom stereocenters. The highest BCUT2D eigenvalue weighted by molar-refractivity contribution is 14.1. The Morgan fingerprint density at radius 2 is 1.95 bits per heavy atom. The Morgan fingerprint density at radius 1 is 1.15 bits per heavy atom. The summed E-state index contributed by atoms with van der Waals surface area (Å²) in [6, 6.07) is 15.1. The number of anilines is 1. The van der Waals surface area contributed by atoms with Crippen LogP contribution in [0.15, 0.2) is 46.9 Å². The summed E-state index contributed by atoms with van der Waals surface area (Å²) in [5.41, 5.74) is 2.40. The van der Waals surface area contributed by atoms with Crippen LogP contribution in [0, 0.1) is 3.57 Å². The first-order chi connectivity index (χ1) is 9.72. The zero-order valence-electron chi connectivity index (χ0n) is 10.9. The van der Waals surface area contributed by atoms with Crippen LogP contribution < -0.4 is 10.1 Å². The Kier molecular flexibility index (Phi) is 4.51. The SMILES string of the molecule is Brc1ccc2c(c1)OCCCC2Nc1ccc(I)cc1. The number of fused-ring (bicyclic) bond motifs is 1. The summed E-state index contributed by atoms with van der Waals surface area (Å²) in [6.07, 6.45) is 2.15. The van der Waals surface area contributed by atoms with Gasteiger partial charge < -0.3 is 10.1 Å². The molecular weight excluding hydrogens is 429 g/mol. The Balaban J connectivity index is 1.88. The van der Waals surface area contributed by atoms with Gasteiger partial charge in [-0.25, -0.2) is 0 Å². The number of ether oxygens (including phenoxy) is 1. The minimum Gasteiger partial charge on any atom is -0.493 e. The molecule has 1 N–H and O–H groups in total. The van der Waals surface area contributed by atoms with Crippen molar-refractivity contribution in [2.45, 2.75) is 18.9 Å². The fourth-order valence-electron chi connectivity index (χ4n) is 2.44. The second kappa shape index (κ2) is 6.35. The molecule has 0 bridgehead atoms. The molecular formula is C16H15BrINO. The van der Waals surface area contributed by atoms with E-state index >= 15 is 0 Å². The Morgan fingerprint density at radius 3 is 2.75 bits per heavy atom. The number of benzene rings is 2. The summed E-state index contributed by atoms with van der Waals surface area (Å²) in [5, 5.41) is 3.63. The summed E-state index contributed by atoms with van der Waals surface area (Å²) in [4.78, 5) is 0. The van der Waals surface area contributed by atoms with Gasteiger partial charge in [0.15, 0.2) is 0 Å². The lowest BCUT2D eigenvalue weighted by molar-refractivity contribution is 0.316. The maximum absolute atomic E-state index is 5.85. The second-order valence-electron chi connectivity index (χ2n) is 4.88. The van der Waals surface area contributed by atoms with Crippen molar-refractivity contribution < 1.29 is 4.74 Å². The Hall–Kier alpha value is -0.750. The molecule has 20 heavy (non-hydrogen) atoms. The van der Waals surface area contributed by atoms with Crippen molar-refractivity contribution in [2.75, 3.05) is 11.9 Å². The lowest BCUT2D eigenvalue weighted by Crippen LogP contribution is -2.10. The number of hydrogen-bond donors (Lipinski definition) is 1. The molecule has 4 heteroatoms. The predicted octanol–water partition coefficient (Wildman–Crippen LogP) is 5.38. The van der Waals surface area contributed by atoms with Crippen LogP contribution in [0.4, 0.5) is 5.69 Å². The summed E-state index contributed by atoms with van der Waals surface area (Å²) in [6.45, 7) is 0.786. The lowest BCUT2D eigenvalue weighted by atomic mass is 10.0. The van der Waals surface area contributed by atoms with Gasteiger partial charge in [-0.3, -0.25) is 0 Å². The van der Waals surface area contributed by atoms with Crippen LogP contribution in [0.3, 0.4) is 0 Å². The van der Waals surface area contributed by atoms with Crippen LogP contribution in [0.2, 0.25) is 0 Å². The minimum atomic E-state index is 0.306. The summed E-state index contributed by atoms with van der Waals surface area (Å²) >= 11 is 5.83. The van der Waals surface area contributed by atoms with Crippen LogP contribution >= 0.6 is 38.5 Å². The largest absolute Gasteiger partial charge is 0.493 e. The molecule has 2 aromatic rings. The molecule has 2 aromatic carbocycles. The van der Waals surface area contributed by atoms with E-state index in [0.29, 0.717) is 6.04 Å². The van der Waals surface area contributed by atoms with E-state index in [2.05, 4.69) is 86.3 Å². The average Bonchev–Trinajstić information content (AvgIpc) is 2.63. The number of rotatable bonds is 2. The molecule has 0 saturated heterocycles. The maximum atomic E-state index is 5.85. The molecule has 0 amide bonds. The molecule has 0 fully saturated rings. The first kappa shape index (κ1) is 14.2. The second-order valence-corrected chi connectivity index (χ2v) is 7.04. The smallest absolute Gasteiger partial charge is 0.125 e. The monoisotopic (exact) mass is 443 g/mol. The van der Waals surface area contributed by atoms with Gasteiger partial charge in [0.05, 0.1) is 12.6 Å². The lowest BCUT2D eigenvalue weighted by Gasteiger charge is -2.20. The predicted molar refractivity (Wildman–Crippen MR) is 94.4 cm³/mol. The molecule has 0 aliphatic carbocycles. The quantitative estimate of drug-likeness (QED) is 0.629. The summed E-state index contributed by atoms with van der Waals surface area (Å²) in [5.74, 6) is 0.986. The molecule has 0 saturated carbocycles. The third kappa shape index (κ3) is 3.28. The third-order valence-electron chi connectivity index (χ3n) is 3.43. The van der Waals surface area contributed by atoms with Gasteiger partial charge in [0.2, 0.25) is 0 Å². The van der Waals surface area contributed by atoms with Crippen LogP contribution in [0.25, 0.3) is 0 Å². The molecule has 2 nitrogen and oxygen atoms in total. The highest BCUT2D eigenvalue weighted by atomic mass is 127. The molecule has 1 unspecified atom stereocenters. The molecule has 3 rings (SSSR count). The fourth-order valence-corrected chi connectivity index (χ4v) is 3.14. The highest BCUT2D eigenvalue weighted by Gasteiger charge is 2.19. The first-order valence-corrected chi connectivity index (χ1v) is 8.54. The Labute approximate surface area is 141 Å². The van der Waals surface area contributed by atoms with Crippen LogP contribution in [0.5, 0.6) is 5.75 Å². The third-order valence-corrected chi connectivity index (χ3v) is 4.64. The van der Waals surface area contributed by atoms with Crippen molar-refractivity contribution in [3.8, 4) is 5.75 Å². The van der Waals surface area contributed by atoms with Gasteiger partial charge in [-0.2, -0.15) is 0 Å². The molecule has 0 aromatic heterocycles. The molecule has 104 valence electrons. The topological polar surface area (TPSA) is 21.3 Å². The zero-order valence-corrected chi connectivity index (χ0v) is 14.6. The van der Waals surface area contributed by atoms with Gasteiger partial charge >= 0.3 is 0 Å². The first-order valence-electron chi connectivity index (χ1n) is 6.67. The van der Waals surface area contributed by atoms with Crippen molar-refractivity contribution in [1.82, 2.24) is 0 Å². The van der Waals surface area contributed by atoms with E-state index in [4.69, 9.17) is 4.74 Å². The van der Waals surface area contributed by atoms with Gasteiger partial charge in [0, 0.05) is 19.3 Å². The summed E-state index contributed by atoms with van der Waals surface area (Å²) in [7, 11) is 0. The van der Waals surface area contributed by atoms with E-state index in [0.717, 1.165) is 35.4 Å². The normalized spacial score (nSPS) is 17.8. The molecule has 0 spiro atoms. The average molecular weight is 444 g/mol. The molecule has 0 radical (unpaired) electrons. The van der Waals surface area contributed by atoms with Crippen molar-refractivity contribution >= 4 is 44.2 Å². The standard InChI is InChI=1S/C16H15BrINO/c17-11-3-8-14-15(2-1-9-20-16(14)10-11)19-13-6-4-12(18)5-7-13/h3-8,10,15,19H,1-2,9H2. The maximum Gasteiger partial charge on any atom is 0.125 e. The summed E-state index contributed by atoms with van der Waals surface area (Å²) < 4.78 is 8.16. The number of nitrogens with one attached hydrogen (secondary N) is 1. The van der Waals surface area contributed by atoms with Gasteiger partial charge in [0.25, 0.3) is 0 Å². The van der Waals surface area contributed by atoms with Crippen LogP contribution in [-0.4, -0.2) is 6.61 Å². The van der Waals surface area contributed by atoms with Crippen molar-refractivity contribution in [2.24, 2.45) is 0 Å². The van der Waals surface area contributed by atoms with Gasteiger partial charge in [-0.15, -0.1) is 0 Å². The number of halogens is 2. The molecule has 1 aliphatic rings. The van der Waals surface area contributed by atoms with Gasteiger partial charge in [-0.05, 0) is 71.8 Å². The van der Waals surface area contributed by atoms with E-state index in [1.165, 1.54) is 9.13 Å². The minimum absolute atomic E-state index is 0.306. The van der Waals surface area contributed by atoms with E-state index in [-0.39, 0.29) is 0 Å². The van der Waals surface area contributed by atoms with Crippen molar-refractivity contribution in [3.05, 3.63) is 56.1 Å². The van der Waals surface area contributed by atoms with Crippen molar-refractivity contribution in [1.29, 1.82) is 0 Å². The highest BCUT2D eigenvalue weighted by Crippen LogP contribution is 2.35. The molecule has 1 heterocycles. The Bertz CT molecular complexity index is 600. The zero-order chi connectivity index (χ0) is 13.9. The van der Waals surface area contributed by atoms with Crippen molar-refractivity contribution in [3.63, 3.8) is 0 Å². The number of hydrogen-bond acceptors (Lipinski definition) is 2. The van der Waals surface area contributed by atoms with E-state index < -0.39 is 0 Å². The van der Waals surface area contributed by atoms with Crippen LogP contribution in [-0.2, 0) is 0 Å². The van der Waals surface area contributed by atoms with E-state index in [1.807, 2.05) is 0 Å². The van der Waals surface area contributed by atoms with Gasteiger partial charge in [0.1, 0.15) is 5.75 Å².